The van der Waals surface area contributed by atoms with Crippen LogP contribution in [0.25, 0.3) is 0 Å². The predicted octanol–water partition coefficient (Wildman–Crippen LogP) is 0.182. The van der Waals surface area contributed by atoms with E-state index in [0.717, 1.165) is 0 Å². The molecule has 0 saturated carbocycles. The van der Waals surface area contributed by atoms with Gasteiger partial charge in [-0.1, -0.05) is 0 Å². The van der Waals surface area contributed by atoms with Gasteiger partial charge >= 0.3 is 0 Å². The molecular formula is CH8NP3. The second-order valence-electron chi connectivity index (χ2n) is 1.00. The molecule has 4 heteroatoms. The van der Waals surface area contributed by atoms with Crippen molar-refractivity contribution in [1.29, 1.82) is 0 Å². The van der Waals surface area contributed by atoms with Crippen LogP contribution in [-0.2, 0) is 0 Å². The van der Waals surface area contributed by atoms with E-state index in [1.54, 1.807) is 0 Å². The van der Waals surface area contributed by atoms with E-state index < -0.39 is 0 Å². The van der Waals surface area contributed by atoms with E-state index >= 15 is 0 Å². The van der Waals surface area contributed by atoms with Crippen molar-refractivity contribution in [2.45, 2.75) is 4.76 Å². The molecule has 0 rings (SSSR count). The predicted molar refractivity (Wildman–Crippen MR) is 36.0 cm³/mol. The fourth-order valence-corrected chi connectivity index (χ4v) is 0. The Kier molecular flexibility index (Phi) is 2.26. The zero-order valence-electron chi connectivity index (χ0n) is 2.81. The molecule has 0 aliphatic rings. The standard InChI is InChI=1S/CH8NP3/c2-1(3,4)5/h2-5H2. The first-order valence-electron chi connectivity index (χ1n) is 1.15. The van der Waals surface area contributed by atoms with Crippen LogP contribution >= 0.6 is 27.7 Å². The lowest BCUT2D eigenvalue weighted by atomic mass is 11.5. The Morgan fingerprint density at radius 1 is 1.20 bits per heavy atom. The first-order chi connectivity index (χ1) is 2.00. The summed E-state index contributed by atoms with van der Waals surface area (Å²) in [5, 5.41) is 0. The average molecular weight is 127 g/mol. The Balaban J connectivity index is 3.02. The Hall–Kier alpha value is 1.25. The summed E-state index contributed by atoms with van der Waals surface area (Å²) in [6, 6.07) is 0. The van der Waals surface area contributed by atoms with Crippen LogP contribution in [0, 0.1) is 0 Å². The lowest BCUT2D eigenvalue weighted by Gasteiger charge is -2.06. The zero-order chi connectivity index (χ0) is 4.50. The molecule has 0 amide bonds. The summed E-state index contributed by atoms with van der Waals surface area (Å²) in [5.41, 5.74) is 5.24. The maximum absolute atomic E-state index is 5.24. The molecule has 2 N–H and O–H groups in total. The van der Waals surface area contributed by atoms with Crippen molar-refractivity contribution in [2.75, 3.05) is 0 Å². The monoisotopic (exact) mass is 127 g/mol. The molecule has 0 aromatic rings. The molecule has 0 aliphatic heterocycles. The second kappa shape index (κ2) is 1.80. The third kappa shape index (κ3) is 35.5. The maximum Gasteiger partial charge on any atom is 0.0572 e. The summed E-state index contributed by atoms with van der Waals surface area (Å²) in [7, 11) is 7.26. The van der Waals surface area contributed by atoms with Gasteiger partial charge in [0, 0.05) is 0 Å². The molecule has 3 atom stereocenters. The minimum absolute atomic E-state index is 0.250. The highest BCUT2D eigenvalue weighted by atomic mass is 31.1. The van der Waals surface area contributed by atoms with E-state index in [-0.39, 0.29) is 4.76 Å². The van der Waals surface area contributed by atoms with Crippen molar-refractivity contribution in [3.05, 3.63) is 0 Å². The number of hydrogen-bond donors (Lipinski definition) is 1. The van der Waals surface area contributed by atoms with Gasteiger partial charge in [-0.05, 0) is 0 Å². The lowest BCUT2D eigenvalue weighted by molar-refractivity contribution is 1.23. The van der Waals surface area contributed by atoms with Gasteiger partial charge in [-0.15, -0.1) is 27.7 Å². The molecule has 0 aliphatic carbocycles. The van der Waals surface area contributed by atoms with Crippen LogP contribution in [0.5, 0.6) is 0 Å². The van der Waals surface area contributed by atoms with Gasteiger partial charge in [0.05, 0.1) is 4.76 Å². The van der Waals surface area contributed by atoms with Crippen molar-refractivity contribution in [1.82, 2.24) is 0 Å². The normalized spacial score (nSPS) is 12.0. The lowest BCUT2D eigenvalue weighted by Crippen LogP contribution is -2.12. The van der Waals surface area contributed by atoms with Crippen molar-refractivity contribution in [3.63, 3.8) is 0 Å². The van der Waals surface area contributed by atoms with E-state index in [0.29, 0.717) is 0 Å². The van der Waals surface area contributed by atoms with Gasteiger partial charge in [-0.25, -0.2) is 0 Å². The molecule has 1 nitrogen and oxygen atoms in total. The third-order valence-corrected chi connectivity index (χ3v) is 0. The van der Waals surface area contributed by atoms with Gasteiger partial charge in [0.15, 0.2) is 0 Å². The van der Waals surface area contributed by atoms with Gasteiger partial charge < -0.3 is 5.73 Å². The fraction of sp³-hybridized carbons (Fsp3) is 1.00. The Morgan fingerprint density at radius 3 is 1.20 bits per heavy atom. The minimum atomic E-state index is -0.250. The topological polar surface area (TPSA) is 26.0 Å². The van der Waals surface area contributed by atoms with E-state index in [9.17, 15) is 0 Å². The fourth-order valence-electron chi connectivity index (χ4n) is 0. The molecule has 0 saturated heterocycles. The minimum Gasteiger partial charge on any atom is -0.316 e. The van der Waals surface area contributed by atoms with Gasteiger partial charge in [0.2, 0.25) is 0 Å². The van der Waals surface area contributed by atoms with E-state index in [4.69, 9.17) is 5.73 Å². The molecule has 0 aromatic carbocycles. The summed E-state index contributed by atoms with van der Waals surface area (Å²) in [4.78, 5) is 0. The van der Waals surface area contributed by atoms with Gasteiger partial charge in [0.25, 0.3) is 0 Å². The van der Waals surface area contributed by atoms with E-state index in [1.807, 2.05) is 0 Å². The molecule has 0 heterocycles. The quantitative estimate of drug-likeness (QED) is 0.461. The van der Waals surface area contributed by atoms with Crippen LogP contribution in [0.3, 0.4) is 0 Å². The Morgan fingerprint density at radius 2 is 1.20 bits per heavy atom. The highest BCUT2D eigenvalue weighted by molar-refractivity contribution is 7.57. The molecule has 0 bridgehead atoms. The Bertz CT molecular complexity index is 22.4. The van der Waals surface area contributed by atoms with Gasteiger partial charge in [-0.2, -0.15) is 0 Å². The molecule has 0 spiro atoms. The summed E-state index contributed by atoms with van der Waals surface area (Å²) in [6.07, 6.45) is 0. The third-order valence-electron chi connectivity index (χ3n) is 0. The molecule has 32 valence electrons. The Labute approximate surface area is 39.1 Å². The second-order valence-corrected chi connectivity index (χ2v) is 6.00. The molecule has 0 fully saturated rings. The van der Waals surface area contributed by atoms with Crippen LogP contribution in [0.2, 0.25) is 0 Å². The van der Waals surface area contributed by atoms with Gasteiger partial charge in [0.1, 0.15) is 0 Å². The molecule has 0 radical (unpaired) electrons. The van der Waals surface area contributed by atoms with Crippen molar-refractivity contribution >= 4 is 27.7 Å². The summed E-state index contributed by atoms with van der Waals surface area (Å²) >= 11 is 0. The van der Waals surface area contributed by atoms with Crippen molar-refractivity contribution in [3.8, 4) is 0 Å². The highest BCUT2D eigenvalue weighted by Crippen LogP contribution is 2.26. The molecule has 5 heavy (non-hydrogen) atoms. The summed E-state index contributed by atoms with van der Waals surface area (Å²) in [5.74, 6) is 0. The molecular weight excluding hydrogens is 119 g/mol. The number of rotatable bonds is 0. The highest BCUT2D eigenvalue weighted by Gasteiger charge is 1.95. The molecule has 0 aromatic heterocycles. The maximum atomic E-state index is 5.24. The zero-order valence-corrected chi connectivity index (χ0v) is 6.27. The first-order valence-corrected chi connectivity index (χ1v) is 2.89. The van der Waals surface area contributed by atoms with Crippen LogP contribution in [0.15, 0.2) is 0 Å². The average Bonchev–Trinajstić information content (AvgIpc) is 0.722. The summed E-state index contributed by atoms with van der Waals surface area (Å²) < 4.78 is -0.250. The van der Waals surface area contributed by atoms with Crippen LogP contribution in [-0.4, -0.2) is 4.76 Å². The largest absolute Gasteiger partial charge is 0.316 e. The molecule has 3 unspecified atom stereocenters. The van der Waals surface area contributed by atoms with Gasteiger partial charge in [-0.3, -0.25) is 0 Å². The van der Waals surface area contributed by atoms with Crippen LogP contribution in [0.4, 0.5) is 0 Å². The smallest absolute Gasteiger partial charge is 0.0572 e. The summed E-state index contributed by atoms with van der Waals surface area (Å²) in [6.45, 7) is 0. The first kappa shape index (κ1) is 6.25. The van der Waals surface area contributed by atoms with Crippen LogP contribution in [0.1, 0.15) is 0 Å². The van der Waals surface area contributed by atoms with Crippen LogP contribution < -0.4 is 5.73 Å². The van der Waals surface area contributed by atoms with E-state index in [1.165, 1.54) is 0 Å². The number of nitrogens with two attached hydrogens (primary N) is 1. The van der Waals surface area contributed by atoms with E-state index in [2.05, 4.69) is 27.7 Å². The van der Waals surface area contributed by atoms with Crippen molar-refractivity contribution < 1.29 is 0 Å². The van der Waals surface area contributed by atoms with Crippen molar-refractivity contribution in [2.24, 2.45) is 5.73 Å². The number of hydrogen-bond acceptors (Lipinski definition) is 1. The SMILES string of the molecule is NC(P)(P)P.